The van der Waals surface area contributed by atoms with Crippen LogP contribution in [0.4, 0.5) is 14.6 Å². The van der Waals surface area contributed by atoms with Gasteiger partial charge in [-0.25, -0.2) is 13.8 Å². The van der Waals surface area contributed by atoms with E-state index in [1.807, 2.05) is 13.8 Å². The number of nitrogens with one attached hydrogen (secondary N) is 1. The first-order valence-corrected chi connectivity index (χ1v) is 4.60. The van der Waals surface area contributed by atoms with Crippen LogP contribution in [0.2, 0.25) is 0 Å². The highest BCUT2D eigenvalue weighted by Crippen LogP contribution is 2.16. The number of pyridine rings is 1. The lowest BCUT2D eigenvalue weighted by atomic mass is 9.95. The topological polar surface area (TPSA) is 45.1 Å². The van der Waals surface area contributed by atoms with Gasteiger partial charge in [-0.05, 0) is 0 Å². The molecule has 0 spiro atoms. The minimum atomic E-state index is -0.733. The average molecular weight is 216 g/mol. The molecule has 0 fully saturated rings. The van der Waals surface area contributed by atoms with Crippen LogP contribution >= 0.6 is 0 Å². The molecule has 0 aromatic carbocycles. The third kappa shape index (κ3) is 3.43. The summed E-state index contributed by atoms with van der Waals surface area (Å²) in [5.74, 6) is -1.44. The molecule has 0 aliphatic heterocycles. The summed E-state index contributed by atoms with van der Waals surface area (Å²) in [5, 5.41) is 11.7. The van der Waals surface area contributed by atoms with E-state index in [1.165, 1.54) is 0 Å². The monoisotopic (exact) mass is 216 g/mol. The number of aromatic nitrogens is 1. The van der Waals surface area contributed by atoms with Crippen molar-refractivity contribution in [1.82, 2.24) is 4.98 Å². The van der Waals surface area contributed by atoms with Gasteiger partial charge >= 0.3 is 0 Å². The molecule has 2 N–H and O–H groups in total. The van der Waals surface area contributed by atoms with E-state index in [0.29, 0.717) is 6.54 Å². The molecule has 0 radical (unpaired) electrons. The molecule has 1 rings (SSSR count). The van der Waals surface area contributed by atoms with Gasteiger partial charge in [0.2, 0.25) is 0 Å². The van der Waals surface area contributed by atoms with E-state index in [0.717, 1.165) is 12.3 Å². The van der Waals surface area contributed by atoms with Crippen LogP contribution in [0.3, 0.4) is 0 Å². The van der Waals surface area contributed by atoms with Gasteiger partial charge in [0.05, 0.1) is 6.20 Å². The zero-order chi connectivity index (χ0) is 11.5. The summed E-state index contributed by atoms with van der Waals surface area (Å²) in [7, 11) is 0. The predicted molar refractivity (Wildman–Crippen MR) is 53.5 cm³/mol. The number of aliphatic hydroxyl groups excluding tert-OH is 1. The van der Waals surface area contributed by atoms with Crippen LogP contribution in [0.25, 0.3) is 0 Å². The van der Waals surface area contributed by atoms with Gasteiger partial charge in [0, 0.05) is 24.6 Å². The Morgan fingerprint density at radius 3 is 2.67 bits per heavy atom. The van der Waals surface area contributed by atoms with Crippen molar-refractivity contribution >= 4 is 5.82 Å². The fourth-order valence-corrected chi connectivity index (χ4v) is 0.924. The number of hydrogen-bond acceptors (Lipinski definition) is 3. The molecule has 0 bridgehead atoms. The Bertz CT molecular complexity index is 342. The maximum atomic E-state index is 13.1. The minimum absolute atomic E-state index is 0.00192. The van der Waals surface area contributed by atoms with Crippen LogP contribution in [-0.4, -0.2) is 23.2 Å². The van der Waals surface area contributed by atoms with E-state index in [-0.39, 0.29) is 17.8 Å². The lowest BCUT2D eigenvalue weighted by Gasteiger charge is -2.22. The van der Waals surface area contributed by atoms with Gasteiger partial charge in [-0.1, -0.05) is 13.8 Å². The van der Waals surface area contributed by atoms with Crippen LogP contribution in [0, 0.1) is 17.0 Å². The summed E-state index contributed by atoms with van der Waals surface area (Å²) in [4.78, 5) is 3.57. The van der Waals surface area contributed by atoms with E-state index >= 15 is 0 Å². The van der Waals surface area contributed by atoms with Gasteiger partial charge in [-0.3, -0.25) is 0 Å². The van der Waals surface area contributed by atoms with Crippen LogP contribution in [-0.2, 0) is 0 Å². The molecule has 0 aliphatic rings. The van der Waals surface area contributed by atoms with E-state index in [1.54, 1.807) is 0 Å². The van der Waals surface area contributed by atoms with Crippen LogP contribution in [0.5, 0.6) is 0 Å². The zero-order valence-electron chi connectivity index (χ0n) is 8.72. The number of nitrogens with zero attached hydrogens (tertiary/aromatic N) is 1. The fraction of sp³-hybridized carbons (Fsp3) is 0.500. The smallest absolute Gasteiger partial charge is 0.168 e. The quantitative estimate of drug-likeness (QED) is 0.806. The Balaban J connectivity index is 2.66. The molecule has 0 aliphatic carbocycles. The molecular weight excluding hydrogens is 202 g/mol. The van der Waals surface area contributed by atoms with Gasteiger partial charge in [0.1, 0.15) is 5.82 Å². The Morgan fingerprint density at radius 1 is 1.47 bits per heavy atom. The highest BCUT2D eigenvalue weighted by Gasteiger charge is 2.17. The van der Waals surface area contributed by atoms with Crippen molar-refractivity contribution in [2.45, 2.75) is 13.8 Å². The molecule has 1 aromatic heterocycles. The van der Waals surface area contributed by atoms with Crippen molar-refractivity contribution in [3.05, 3.63) is 23.9 Å². The average Bonchev–Trinajstić information content (AvgIpc) is 2.16. The zero-order valence-corrected chi connectivity index (χ0v) is 8.72. The van der Waals surface area contributed by atoms with Crippen LogP contribution in [0.1, 0.15) is 13.8 Å². The van der Waals surface area contributed by atoms with Crippen molar-refractivity contribution in [2.24, 2.45) is 5.41 Å². The fourth-order valence-electron chi connectivity index (χ4n) is 0.924. The van der Waals surface area contributed by atoms with Gasteiger partial charge in [0.15, 0.2) is 11.6 Å². The highest BCUT2D eigenvalue weighted by atomic mass is 19.1. The summed E-state index contributed by atoms with van der Waals surface area (Å²) < 4.78 is 25.6. The summed E-state index contributed by atoms with van der Waals surface area (Å²) in [6, 6.07) is 0.765. The van der Waals surface area contributed by atoms with E-state index in [9.17, 15) is 8.78 Å². The molecule has 0 unspecified atom stereocenters. The van der Waals surface area contributed by atoms with E-state index in [2.05, 4.69) is 10.3 Å². The lowest BCUT2D eigenvalue weighted by molar-refractivity contribution is 0.170. The normalized spacial score (nSPS) is 11.5. The third-order valence-electron chi connectivity index (χ3n) is 1.97. The summed E-state index contributed by atoms with van der Waals surface area (Å²) >= 11 is 0. The molecule has 84 valence electrons. The van der Waals surface area contributed by atoms with Gasteiger partial charge in [-0.15, -0.1) is 0 Å². The van der Waals surface area contributed by atoms with Crippen molar-refractivity contribution < 1.29 is 13.9 Å². The number of halogens is 2. The second-order valence-corrected chi connectivity index (χ2v) is 4.16. The second-order valence-electron chi connectivity index (χ2n) is 4.16. The summed E-state index contributed by atoms with van der Waals surface area (Å²) in [6.45, 7) is 3.98. The van der Waals surface area contributed by atoms with E-state index < -0.39 is 11.6 Å². The Morgan fingerprint density at radius 2 is 2.13 bits per heavy atom. The molecule has 15 heavy (non-hydrogen) atoms. The van der Waals surface area contributed by atoms with Crippen LogP contribution in [0.15, 0.2) is 12.3 Å². The molecule has 5 heteroatoms. The third-order valence-corrected chi connectivity index (χ3v) is 1.97. The van der Waals surface area contributed by atoms with Gasteiger partial charge in [0.25, 0.3) is 0 Å². The number of rotatable bonds is 4. The first kappa shape index (κ1) is 11.8. The van der Waals surface area contributed by atoms with Crippen molar-refractivity contribution in [2.75, 3.05) is 18.5 Å². The molecule has 3 nitrogen and oxygen atoms in total. The molecule has 1 heterocycles. The van der Waals surface area contributed by atoms with Crippen molar-refractivity contribution in [3.63, 3.8) is 0 Å². The molecule has 0 saturated carbocycles. The van der Waals surface area contributed by atoms with Crippen molar-refractivity contribution in [1.29, 1.82) is 0 Å². The molecule has 0 saturated heterocycles. The number of anilines is 1. The first-order chi connectivity index (χ1) is 6.94. The maximum absolute atomic E-state index is 13.1. The molecule has 0 atom stereocenters. The Hall–Kier alpha value is -1.23. The Labute approximate surface area is 87.2 Å². The number of aliphatic hydroxyl groups is 1. The molecule has 0 amide bonds. The highest BCUT2D eigenvalue weighted by molar-refractivity contribution is 5.35. The first-order valence-electron chi connectivity index (χ1n) is 4.60. The molecule has 1 aromatic rings. The minimum Gasteiger partial charge on any atom is -0.396 e. The van der Waals surface area contributed by atoms with Crippen molar-refractivity contribution in [3.8, 4) is 0 Å². The summed E-state index contributed by atoms with van der Waals surface area (Å²) in [5.41, 5.74) is -0.373. The largest absolute Gasteiger partial charge is 0.396 e. The molecular formula is C10H14F2N2O. The standard InChI is InChI=1S/C10H14F2N2O/c1-10(2,6-15)5-14-9-8(12)3-7(11)4-13-9/h3-4,15H,5-6H2,1-2H3,(H,13,14). The lowest BCUT2D eigenvalue weighted by Crippen LogP contribution is -2.27. The SMILES string of the molecule is CC(C)(CO)CNc1ncc(F)cc1F. The van der Waals surface area contributed by atoms with Gasteiger partial charge < -0.3 is 10.4 Å². The predicted octanol–water partition coefficient (Wildman–Crippen LogP) is 1.79. The number of hydrogen-bond donors (Lipinski definition) is 2. The Kier molecular flexibility index (Phi) is 3.57. The van der Waals surface area contributed by atoms with Crippen LogP contribution < -0.4 is 5.32 Å². The summed E-state index contributed by atoms with van der Waals surface area (Å²) in [6.07, 6.45) is 0.942. The second kappa shape index (κ2) is 4.53. The van der Waals surface area contributed by atoms with E-state index in [4.69, 9.17) is 5.11 Å². The van der Waals surface area contributed by atoms with Gasteiger partial charge in [-0.2, -0.15) is 0 Å². The maximum Gasteiger partial charge on any atom is 0.168 e.